The molecule has 1 fully saturated rings. The second-order valence-corrected chi connectivity index (χ2v) is 5.30. The van der Waals surface area contributed by atoms with Gasteiger partial charge in [0.05, 0.1) is 13.2 Å². The van der Waals surface area contributed by atoms with Crippen LogP contribution in [0.15, 0.2) is 0 Å². The molecule has 0 spiro atoms. The average Bonchev–Trinajstić information content (AvgIpc) is 2.36. The van der Waals surface area contributed by atoms with Crippen molar-refractivity contribution in [3.8, 4) is 0 Å². The monoisotopic (exact) mass is 303 g/mol. The molecule has 1 aliphatic rings. The van der Waals surface area contributed by atoms with E-state index in [1.54, 1.807) is 0 Å². The van der Waals surface area contributed by atoms with Crippen LogP contribution in [0.3, 0.4) is 0 Å². The average molecular weight is 303 g/mol. The van der Waals surface area contributed by atoms with Crippen LogP contribution in [0.1, 0.15) is 0 Å². The Labute approximate surface area is 108 Å². The van der Waals surface area contributed by atoms with Gasteiger partial charge in [-0.05, 0) is 0 Å². The van der Waals surface area contributed by atoms with Gasteiger partial charge in [-0.3, -0.25) is 9.05 Å². The van der Waals surface area contributed by atoms with E-state index in [0.29, 0.717) is 0 Å². The third-order valence-electron chi connectivity index (χ3n) is 2.47. The first-order valence-electron chi connectivity index (χ1n) is 5.48. The van der Waals surface area contributed by atoms with E-state index in [2.05, 4.69) is 9.05 Å². The number of nitrogens with two attached hydrogens (primary N) is 1. The van der Waals surface area contributed by atoms with Crippen LogP contribution in [0, 0.1) is 0 Å². The number of phosphoric acid groups is 1. The van der Waals surface area contributed by atoms with Gasteiger partial charge in [0.15, 0.2) is 6.29 Å². The van der Waals surface area contributed by atoms with Crippen molar-refractivity contribution in [1.82, 2.24) is 0 Å². The lowest BCUT2D eigenvalue weighted by molar-refractivity contribution is -0.283. The summed E-state index contributed by atoms with van der Waals surface area (Å²) in [5.41, 5.74) is 5.08. The highest BCUT2D eigenvalue weighted by Crippen LogP contribution is 2.46. The lowest BCUT2D eigenvalue weighted by atomic mass is 9.99. The summed E-state index contributed by atoms with van der Waals surface area (Å²) in [6.07, 6.45) is -8.06. The zero-order valence-electron chi connectivity index (χ0n) is 9.90. The predicted molar refractivity (Wildman–Crippen MR) is 59.7 cm³/mol. The third kappa shape index (κ3) is 4.43. The molecule has 7 N–H and O–H groups in total. The predicted octanol–water partition coefficient (Wildman–Crippen LogP) is -3.12. The zero-order valence-corrected chi connectivity index (χ0v) is 10.8. The summed E-state index contributed by atoms with van der Waals surface area (Å²) in [6.45, 7) is -0.951. The van der Waals surface area contributed by atoms with Gasteiger partial charge in [-0.2, -0.15) is 0 Å². The Balaban J connectivity index is 2.69. The fraction of sp³-hybridized carbons (Fsp3) is 1.00. The molecule has 6 atom stereocenters. The molecule has 1 aliphatic heterocycles. The van der Waals surface area contributed by atoms with E-state index in [9.17, 15) is 24.8 Å². The minimum atomic E-state index is -4.56. The molecule has 0 radical (unpaired) electrons. The first-order chi connectivity index (χ1) is 8.82. The summed E-state index contributed by atoms with van der Waals surface area (Å²) in [7, 11) is -4.56. The number of hydrogen-bond acceptors (Lipinski definition) is 9. The summed E-state index contributed by atoms with van der Waals surface area (Å²) in [4.78, 5) is 9.29. The Morgan fingerprint density at radius 2 is 1.89 bits per heavy atom. The molecule has 0 aromatic rings. The normalized spacial score (nSPS) is 38.9. The standard InChI is InChI=1S/C8H18NO9P/c9-1-2-16-19(14,15)18-7-6(12)5(11)4(3-10)17-8(7)13/h4-8,10-13H,1-3,9H2,(H,14,15)/t4-,5-,6+,7+,8+/m1/s1. The highest BCUT2D eigenvalue weighted by atomic mass is 31.2. The highest BCUT2D eigenvalue weighted by molar-refractivity contribution is 7.47. The molecule has 0 bridgehead atoms. The number of rotatable bonds is 6. The molecule has 1 saturated heterocycles. The molecule has 114 valence electrons. The van der Waals surface area contributed by atoms with E-state index < -0.39 is 45.1 Å². The third-order valence-corrected chi connectivity index (χ3v) is 3.49. The Kier molecular flexibility index (Phi) is 6.27. The van der Waals surface area contributed by atoms with Crippen LogP contribution in [-0.4, -0.2) is 75.8 Å². The SMILES string of the molecule is NCCOP(=O)(O)O[C@H]1[C@@H](O)[C@H](O)[C@@H](CO)O[C@@H]1O. The van der Waals surface area contributed by atoms with Gasteiger partial charge in [0.1, 0.15) is 24.4 Å². The Bertz CT molecular complexity index is 329. The van der Waals surface area contributed by atoms with Crippen LogP contribution in [0.25, 0.3) is 0 Å². The topological polar surface area (TPSA) is 172 Å². The number of phosphoric ester groups is 1. The van der Waals surface area contributed by atoms with Crippen molar-refractivity contribution in [2.24, 2.45) is 5.73 Å². The lowest BCUT2D eigenvalue weighted by Crippen LogP contribution is -2.59. The molecular formula is C8H18NO9P. The summed E-state index contributed by atoms with van der Waals surface area (Å²) in [5, 5.41) is 37.5. The molecule has 1 heterocycles. The second kappa shape index (κ2) is 7.04. The van der Waals surface area contributed by atoms with E-state index in [4.69, 9.17) is 15.6 Å². The van der Waals surface area contributed by atoms with E-state index >= 15 is 0 Å². The Morgan fingerprint density at radius 3 is 2.42 bits per heavy atom. The van der Waals surface area contributed by atoms with Gasteiger partial charge in [-0.1, -0.05) is 0 Å². The Hall–Kier alpha value is -0.130. The molecule has 19 heavy (non-hydrogen) atoms. The first kappa shape index (κ1) is 16.9. The van der Waals surface area contributed by atoms with Crippen molar-refractivity contribution < 1.29 is 43.7 Å². The number of aliphatic hydroxyl groups is 4. The minimum absolute atomic E-state index is 0.0323. The van der Waals surface area contributed by atoms with Crippen molar-refractivity contribution >= 4 is 7.82 Å². The van der Waals surface area contributed by atoms with Gasteiger partial charge in [0.2, 0.25) is 0 Å². The van der Waals surface area contributed by atoms with Crippen molar-refractivity contribution in [2.75, 3.05) is 19.8 Å². The molecule has 0 saturated carbocycles. The minimum Gasteiger partial charge on any atom is -0.394 e. The maximum Gasteiger partial charge on any atom is 0.472 e. The van der Waals surface area contributed by atoms with Gasteiger partial charge in [-0.15, -0.1) is 0 Å². The first-order valence-corrected chi connectivity index (χ1v) is 6.98. The maximum atomic E-state index is 11.4. The molecular weight excluding hydrogens is 285 g/mol. The number of aliphatic hydroxyl groups excluding tert-OH is 4. The van der Waals surface area contributed by atoms with Crippen molar-refractivity contribution in [3.05, 3.63) is 0 Å². The summed E-state index contributed by atoms with van der Waals surface area (Å²) in [5.74, 6) is 0. The van der Waals surface area contributed by atoms with E-state index in [1.165, 1.54) is 0 Å². The maximum absolute atomic E-state index is 11.4. The molecule has 0 amide bonds. The van der Waals surface area contributed by atoms with Crippen LogP contribution in [-0.2, 0) is 18.3 Å². The zero-order chi connectivity index (χ0) is 14.6. The van der Waals surface area contributed by atoms with Gasteiger partial charge < -0.3 is 35.8 Å². The fourth-order valence-corrected chi connectivity index (χ4v) is 2.47. The van der Waals surface area contributed by atoms with Gasteiger partial charge in [-0.25, -0.2) is 4.57 Å². The van der Waals surface area contributed by atoms with Gasteiger partial charge in [0.25, 0.3) is 0 Å². The van der Waals surface area contributed by atoms with Crippen LogP contribution < -0.4 is 5.73 Å². The van der Waals surface area contributed by atoms with E-state index in [-0.39, 0.29) is 13.2 Å². The van der Waals surface area contributed by atoms with Crippen LogP contribution >= 0.6 is 7.82 Å². The smallest absolute Gasteiger partial charge is 0.394 e. The van der Waals surface area contributed by atoms with Crippen molar-refractivity contribution in [1.29, 1.82) is 0 Å². The van der Waals surface area contributed by atoms with Crippen LogP contribution in [0.4, 0.5) is 0 Å². The number of hydrogen-bond donors (Lipinski definition) is 6. The molecule has 0 aromatic carbocycles. The molecule has 1 unspecified atom stereocenters. The number of ether oxygens (including phenoxy) is 1. The summed E-state index contributed by atoms with van der Waals surface area (Å²) < 4.78 is 25.1. The molecule has 11 heteroatoms. The van der Waals surface area contributed by atoms with E-state index in [0.717, 1.165) is 0 Å². The molecule has 10 nitrogen and oxygen atoms in total. The van der Waals surface area contributed by atoms with E-state index in [1.807, 2.05) is 0 Å². The fourth-order valence-electron chi connectivity index (χ4n) is 1.54. The van der Waals surface area contributed by atoms with Gasteiger partial charge in [0, 0.05) is 6.54 Å². The lowest BCUT2D eigenvalue weighted by Gasteiger charge is -2.39. The highest BCUT2D eigenvalue weighted by Gasteiger charge is 2.47. The summed E-state index contributed by atoms with van der Waals surface area (Å²) in [6, 6.07) is 0. The molecule has 0 aliphatic carbocycles. The molecule has 0 aromatic heterocycles. The summed E-state index contributed by atoms with van der Waals surface area (Å²) >= 11 is 0. The Morgan fingerprint density at radius 1 is 1.26 bits per heavy atom. The second-order valence-electron chi connectivity index (χ2n) is 3.89. The van der Waals surface area contributed by atoms with Crippen molar-refractivity contribution in [2.45, 2.75) is 30.7 Å². The van der Waals surface area contributed by atoms with Crippen molar-refractivity contribution in [3.63, 3.8) is 0 Å². The van der Waals surface area contributed by atoms with Gasteiger partial charge >= 0.3 is 7.82 Å². The molecule has 1 rings (SSSR count). The quantitative estimate of drug-likeness (QED) is 0.276. The van der Waals surface area contributed by atoms with Crippen LogP contribution in [0.5, 0.6) is 0 Å². The van der Waals surface area contributed by atoms with Crippen LogP contribution in [0.2, 0.25) is 0 Å². The largest absolute Gasteiger partial charge is 0.472 e.